The molecule has 0 N–H and O–H groups in total. The Bertz CT molecular complexity index is 722. The third-order valence-electron chi connectivity index (χ3n) is 3.15. The number of aromatic nitrogens is 1. The van der Waals surface area contributed by atoms with Gasteiger partial charge in [-0.05, 0) is 46.8 Å². The number of methoxy groups -OCH3 is 1. The van der Waals surface area contributed by atoms with Crippen LogP contribution >= 0.6 is 12.6 Å². The summed E-state index contributed by atoms with van der Waals surface area (Å²) in [5.74, 6) is 0.859. The summed E-state index contributed by atoms with van der Waals surface area (Å²) in [5, 5.41) is 2.22. The maximum atomic E-state index is 5.17. The van der Waals surface area contributed by atoms with Crippen LogP contribution in [0.2, 0.25) is 0 Å². The van der Waals surface area contributed by atoms with Crippen molar-refractivity contribution in [2.75, 3.05) is 7.11 Å². The zero-order valence-corrected chi connectivity index (χ0v) is 11.4. The fourth-order valence-electron chi connectivity index (χ4n) is 2.14. The van der Waals surface area contributed by atoms with Gasteiger partial charge in [0.2, 0.25) is 0 Å². The van der Waals surface area contributed by atoms with E-state index in [1.165, 1.54) is 0 Å². The summed E-state index contributed by atoms with van der Waals surface area (Å²) in [6, 6.07) is 14.2. The highest BCUT2D eigenvalue weighted by atomic mass is 32.1. The summed E-state index contributed by atoms with van der Waals surface area (Å²) < 4.78 is 5.17. The van der Waals surface area contributed by atoms with Gasteiger partial charge in [-0.2, -0.15) is 0 Å². The lowest BCUT2D eigenvalue weighted by Crippen LogP contribution is -1.84. The van der Waals surface area contributed by atoms with Crippen molar-refractivity contribution in [3.63, 3.8) is 0 Å². The summed E-state index contributed by atoms with van der Waals surface area (Å²) in [7, 11) is 1.67. The van der Waals surface area contributed by atoms with E-state index in [2.05, 4.69) is 29.7 Å². The molecule has 1 aromatic heterocycles. The zero-order chi connectivity index (χ0) is 13.2. The monoisotopic (exact) mass is 267 g/mol. The molecule has 3 heteroatoms. The molecule has 0 saturated heterocycles. The average molecular weight is 267 g/mol. The summed E-state index contributed by atoms with van der Waals surface area (Å²) in [6.45, 7) is 0. The number of thiol groups is 1. The topological polar surface area (TPSA) is 22.1 Å². The quantitative estimate of drug-likeness (QED) is 0.703. The Hall–Kier alpha value is -2.00. The first-order valence-corrected chi connectivity index (χ1v) is 6.44. The predicted molar refractivity (Wildman–Crippen MR) is 81.0 cm³/mol. The van der Waals surface area contributed by atoms with Crippen LogP contribution in [0.1, 0.15) is 0 Å². The van der Waals surface area contributed by atoms with E-state index in [0.717, 1.165) is 32.5 Å². The summed E-state index contributed by atoms with van der Waals surface area (Å²) in [4.78, 5) is 5.13. The first-order valence-electron chi connectivity index (χ1n) is 5.99. The molecule has 0 saturated carbocycles. The Morgan fingerprint density at radius 1 is 1.00 bits per heavy atom. The van der Waals surface area contributed by atoms with Gasteiger partial charge in [-0.15, -0.1) is 12.6 Å². The molecule has 0 aliphatic rings. The molecular weight excluding hydrogens is 254 g/mol. The second-order valence-corrected chi connectivity index (χ2v) is 4.80. The van der Waals surface area contributed by atoms with E-state index in [0.29, 0.717) is 0 Å². The van der Waals surface area contributed by atoms with Crippen molar-refractivity contribution in [3.8, 4) is 16.9 Å². The van der Waals surface area contributed by atoms with Gasteiger partial charge in [0.25, 0.3) is 0 Å². The standard InChI is InChI=1S/C16H13NOS/c1-18-14-4-2-11(3-5-14)12-8-13-10-17-7-6-15(13)16(19)9-12/h2-10,19H,1H3. The molecule has 3 rings (SSSR count). The van der Waals surface area contributed by atoms with Crippen molar-refractivity contribution in [1.82, 2.24) is 4.98 Å². The van der Waals surface area contributed by atoms with E-state index >= 15 is 0 Å². The van der Waals surface area contributed by atoms with Crippen LogP contribution in [0.5, 0.6) is 5.75 Å². The van der Waals surface area contributed by atoms with Gasteiger partial charge in [-0.3, -0.25) is 4.98 Å². The molecule has 94 valence electrons. The molecule has 0 amide bonds. The highest BCUT2D eigenvalue weighted by molar-refractivity contribution is 7.80. The van der Waals surface area contributed by atoms with E-state index in [1.54, 1.807) is 13.3 Å². The maximum Gasteiger partial charge on any atom is 0.118 e. The molecule has 0 radical (unpaired) electrons. The van der Waals surface area contributed by atoms with Crippen LogP contribution in [-0.4, -0.2) is 12.1 Å². The molecule has 1 heterocycles. The van der Waals surface area contributed by atoms with Crippen LogP contribution in [0.3, 0.4) is 0 Å². The number of fused-ring (bicyclic) bond motifs is 1. The smallest absolute Gasteiger partial charge is 0.118 e. The predicted octanol–water partition coefficient (Wildman–Crippen LogP) is 4.20. The van der Waals surface area contributed by atoms with Crippen molar-refractivity contribution in [2.24, 2.45) is 0 Å². The van der Waals surface area contributed by atoms with Gasteiger partial charge in [0.05, 0.1) is 7.11 Å². The molecule has 0 aliphatic carbocycles. The van der Waals surface area contributed by atoms with E-state index in [-0.39, 0.29) is 0 Å². The second kappa shape index (κ2) is 4.94. The summed E-state index contributed by atoms with van der Waals surface area (Å²) in [5.41, 5.74) is 2.27. The lowest BCUT2D eigenvalue weighted by molar-refractivity contribution is 0.415. The van der Waals surface area contributed by atoms with Gasteiger partial charge in [0.1, 0.15) is 5.75 Å². The van der Waals surface area contributed by atoms with Crippen molar-refractivity contribution in [3.05, 3.63) is 54.9 Å². The van der Waals surface area contributed by atoms with E-state index in [9.17, 15) is 0 Å². The van der Waals surface area contributed by atoms with Crippen LogP contribution in [0.15, 0.2) is 59.8 Å². The first-order chi connectivity index (χ1) is 9.28. The van der Waals surface area contributed by atoms with E-state index in [1.807, 2.05) is 36.5 Å². The number of benzene rings is 2. The Kier molecular flexibility index (Phi) is 3.13. The fourth-order valence-corrected chi connectivity index (χ4v) is 2.48. The SMILES string of the molecule is COc1ccc(-c2cc(S)c3ccncc3c2)cc1. The number of hydrogen-bond donors (Lipinski definition) is 1. The molecule has 0 atom stereocenters. The normalized spacial score (nSPS) is 10.6. The zero-order valence-electron chi connectivity index (χ0n) is 10.5. The van der Waals surface area contributed by atoms with Crippen LogP contribution in [0.4, 0.5) is 0 Å². The number of nitrogens with zero attached hydrogens (tertiary/aromatic N) is 1. The third kappa shape index (κ3) is 2.29. The Morgan fingerprint density at radius 2 is 1.79 bits per heavy atom. The van der Waals surface area contributed by atoms with Crippen LogP contribution in [-0.2, 0) is 0 Å². The largest absolute Gasteiger partial charge is 0.497 e. The molecule has 0 bridgehead atoms. The summed E-state index contributed by atoms with van der Waals surface area (Å²) in [6.07, 6.45) is 3.65. The summed E-state index contributed by atoms with van der Waals surface area (Å²) >= 11 is 4.56. The lowest BCUT2D eigenvalue weighted by Gasteiger charge is -2.07. The molecule has 0 fully saturated rings. The number of ether oxygens (including phenoxy) is 1. The van der Waals surface area contributed by atoms with Crippen LogP contribution < -0.4 is 4.74 Å². The molecule has 2 aromatic carbocycles. The highest BCUT2D eigenvalue weighted by Crippen LogP contribution is 2.30. The molecule has 2 nitrogen and oxygen atoms in total. The first kappa shape index (κ1) is 12.1. The molecule has 0 aliphatic heterocycles. The van der Waals surface area contributed by atoms with E-state index < -0.39 is 0 Å². The van der Waals surface area contributed by atoms with Gasteiger partial charge in [-0.25, -0.2) is 0 Å². The van der Waals surface area contributed by atoms with Crippen molar-refractivity contribution in [1.29, 1.82) is 0 Å². The fraction of sp³-hybridized carbons (Fsp3) is 0.0625. The number of rotatable bonds is 2. The second-order valence-electron chi connectivity index (χ2n) is 4.32. The van der Waals surface area contributed by atoms with Crippen molar-refractivity contribution >= 4 is 23.4 Å². The van der Waals surface area contributed by atoms with Gasteiger partial charge >= 0.3 is 0 Å². The molecule has 3 aromatic rings. The molecule has 0 unspecified atom stereocenters. The van der Waals surface area contributed by atoms with Gasteiger partial charge in [0.15, 0.2) is 0 Å². The minimum absolute atomic E-state index is 0.859. The number of hydrogen-bond acceptors (Lipinski definition) is 3. The molecule has 0 spiro atoms. The Morgan fingerprint density at radius 3 is 2.53 bits per heavy atom. The van der Waals surface area contributed by atoms with Gasteiger partial charge in [-0.1, -0.05) is 12.1 Å². The van der Waals surface area contributed by atoms with Gasteiger partial charge < -0.3 is 4.74 Å². The highest BCUT2D eigenvalue weighted by Gasteiger charge is 2.04. The minimum atomic E-state index is 0.859. The minimum Gasteiger partial charge on any atom is -0.497 e. The maximum absolute atomic E-state index is 5.17. The third-order valence-corrected chi connectivity index (χ3v) is 3.52. The lowest BCUT2D eigenvalue weighted by atomic mass is 10.0. The molecule has 19 heavy (non-hydrogen) atoms. The Balaban J connectivity index is 2.14. The average Bonchev–Trinajstić information content (AvgIpc) is 2.47. The van der Waals surface area contributed by atoms with E-state index in [4.69, 9.17) is 4.74 Å². The van der Waals surface area contributed by atoms with Crippen LogP contribution in [0, 0.1) is 0 Å². The molecular formula is C16H13NOS. The Labute approximate surface area is 117 Å². The van der Waals surface area contributed by atoms with Crippen molar-refractivity contribution in [2.45, 2.75) is 4.90 Å². The van der Waals surface area contributed by atoms with Crippen molar-refractivity contribution < 1.29 is 4.74 Å². The van der Waals surface area contributed by atoms with Crippen LogP contribution in [0.25, 0.3) is 21.9 Å². The van der Waals surface area contributed by atoms with Gasteiger partial charge in [0, 0.05) is 22.7 Å². The number of pyridine rings is 1.